The number of likely N-dealkylation sites (tertiary alicyclic amines) is 1. The molecule has 16 heavy (non-hydrogen) atoms. The molecule has 2 rings (SSSR count). The highest BCUT2D eigenvalue weighted by molar-refractivity contribution is 4.81. The van der Waals surface area contributed by atoms with Gasteiger partial charge in [-0.2, -0.15) is 0 Å². The van der Waals surface area contributed by atoms with Crippen molar-refractivity contribution in [3.8, 4) is 0 Å². The first-order valence-electron chi connectivity index (χ1n) is 7.19. The van der Waals surface area contributed by atoms with Crippen LogP contribution in [0.1, 0.15) is 45.4 Å². The van der Waals surface area contributed by atoms with Crippen molar-refractivity contribution >= 4 is 0 Å². The maximum Gasteiger partial charge on any atom is 0.00672 e. The van der Waals surface area contributed by atoms with E-state index in [1.807, 2.05) is 0 Å². The maximum absolute atomic E-state index is 3.80. The van der Waals surface area contributed by atoms with E-state index >= 15 is 0 Å². The summed E-state index contributed by atoms with van der Waals surface area (Å²) in [5.74, 6) is 1.96. The number of rotatable bonds is 6. The van der Waals surface area contributed by atoms with Gasteiger partial charge < -0.3 is 10.2 Å². The van der Waals surface area contributed by atoms with Gasteiger partial charge in [0.15, 0.2) is 0 Å². The Morgan fingerprint density at radius 1 is 1.25 bits per heavy atom. The van der Waals surface area contributed by atoms with Gasteiger partial charge in [0.2, 0.25) is 0 Å². The van der Waals surface area contributed by atoms with Crippen LogP contribution < -0.4 is 5.32 Å². The molecule has 2 heteroatoms. The van der Waals surface area contributed by atoms with Crippen LogP contribution in [0.2, 0.25) is 0 Å². The van der Waals surface area contributed by atoms with Crippen LogP contribution in [-0.2, 0) is 0 Å². The first-order chi connectivity index (χ1) is 7.78. The van der Waals surface area contributed by atoms with Gasteiger partial charge in [-0.15, -0.1) is 0 Å². The van der Waals surface area contributed by atoms with Gasteiger partial charge in [-0.1, -0.05) is 19.8 Å². The van der Waals surface area contributed by atoms with E-state index < -0.39 is 0 Å². The van der Waals surface area contributed by atoms with E-state index in [1.165, 1.54) is 58.2 Å². The Balaban J connectivity index is 1.63. The second kappa shape index (κ2) is 6.02. The largest absolute Gasteiger partial charge is 0.314 e. The normalized spacial score (nSPS) is 29.2. The van der Waals surface area contributed by atoms with E-state index in [4.69, 9.17) is 0 Å². The lowest BCUT2D eigenvalue weighted by molar-refractivity contribution is 0.201. The van der Waals surface area contributed by atoms with Crippen molar-refractivity contribution in [2.45, 2.75) is 51.5 Å². The minimum atomic E-state index is 0.791. The molecule has 1 aliphatic heterocycles. The summed E-state index contributed by atoms with van der Waals surface area (Å²) in [4.78, 5) is 2.48. The molecule has 2 aliphatic rings. The summed E-state index contributed by atoms with van der Waals surface area (Å²) in [6.45, 7) is 6.17. The molecule has 1 aliphatic carbocycles. The minimum Gasteiger partial charge on any atom is -0.314 e. The molecule has 2 atom stereocenters. The molecule has 2 unspecified atom stereocenters. The van der Waals surface area contributed by atoms with Gasteiger partial charge >= 0.3 is 0 Å². The molecule has 1 N–H and O–H groups in total. The summed E-state index contributed by atoms with van der Waals surface area (Å²) >= 11 is 0. The van der Waals surface area contributed by atoms with E-state index in [0.717, 1.165) is 17.9 Å². The summed E-state index contributed by atoms with van der Waals surface area (Å²) < 4.78 is 0. The average molecular weight is 224 g/mol. The lowest BCUT2D eigenvalue weighted by Gasteiger charge is -2.31. The van der Waals surface area contributed by atoms with Crippen molar-refractivity contribution in [2.75, 3.05) is 26.7 Å². The Bertz CT molecular complexity index is 197. The van der Waals surface area contributed by atoms with Crippen molar-refractivity contribution in [1.82, 2.24) is 10.2 Å². The van der Waals surface area contributed by atoms with Gasteiger partial charge in [0, 0.05) is 12.6 Å². The number of nitrogens with zero attached hydrogens (tertiary/aromatic N) is 1. The molecule has 0 bridgehead atoms. The van der Waals surface area contributed by atoms with Crippen LogP contribution in [0.5, 0.6) is 0 Å². The molecule has 1 saturated heterocycles. The molecule has 2 nitrogen and oxygen atoms in total. The molecule has 0 radical (unpaired) electrons. The van der Waals surface area contributed by atoms with Crippen molar-refractivity contribution in [3.63, 3.8) is 0 Å². The van der Waals surface area contributed by atoms with Crippen LogP contribution in [0, 0.1) is 11.8 Å². The van der Waals surface area contributed by atoms with E-state index in [9.17, 15) is 0 Å². The Morgan fingerprint density at radius 3 is 2.69 bits per heavy atom. The SMILES string of the molecule is CCC(CC1CC1)NCC1CCCN(C)C1. The van der Waals surface area contributed by atoms with Gasteiger partial charge in [-0.25, -0.2) is 0 Å². The Labute approximate surface area is 101 Å². The van der Waals surface area contributed by atoms with Crippen LogP contribution in [0.25, 0.3) is 0 Å². The van der Waals surface area contributed by atoms with Crippen LogP contribution in [-0.4, -0.2) is 37.6 Å². The first-order valence-corrected chi connectivity index (χ1v) is 7.19. The Morgan fingerprint density at radius 2 is 2.06 bits per heavy atom. The van der Waals surface area contributed by atoms with Gasteiger partial charge in [-0.05, 0) is 57.7 Å². The zero-order valence-electron chi connectivity index (χ0n) is 11.0. The van der Waals surface area contributed by atoms with Crippen molar-refractivity contribution in [2.24, 2.45) is 11.8 Å². The minimum absolute atomic E-state index is 0.791. The summed E-state index contributed by atoms with van der Waals surface area (Å²) in [6.07, 6.45) is 8.53. The van der Waals surface area contributed by atoms with E-state index in [-0.39, 0.29) is 0 Å². The molecule has 1 saturated carbocycles. The number of hydrogen-bond acceptors (Lipinski definition) is 2. The van der Waals surface area contributed by atoms with E-state index in [2.05, 4.69) is 24.2 Å². The smallest absolute Gasteiger partial charge is 0.00672 e. The van der Waals surface area contributed by atoms with Crippen molar-refractivity contribution in [3.05, 3.63) is 0 Å². The molecule has 0 aromatic rings. The zero-order valence-corrected chi connectivity index (χ0v) is 11.0. The van der Waals surface area contributed by atoms with Crippen LogP contribution in [0.3, 0.4) is 0 Å². The molecule has 0 aromatic carbocycles. The summed E-state index contributed by atoms with van der Waals surface area (Å²) in [6, 6.07) is 0.791. The molecule has 0 spiro atoms. The number of piperidine rings is 1. The molecular formula is C14H28N2. The van der Waals surface area contributed by atoms with Crippen LogP contribution in [0.15, 0.2) is 0 Å². The van der Waals surface area contributed by atoms with Crippen LogP contribution >= 0.6 is 0 Å². The summed E-state index contributed by atoms with van der Waals surface area (Å²) in [7, 11) is 2.26. The standard InChI is InChI=1S/C14H28N2/c1-3-14(9-12-6-7-12)15-10-13-5-4-8-16(2)11-13/h12-15H,3-11H2,1-2H3. The molecule has 94 valence electrons. The molecule has 2 fully saturated rings. The summed E-state index contributed by atoms with van der Waals surface area (Å²) in [5.41, 5.74) is 0. The molecule has 0 aromatic heterocycles. The highest BCUT2D eigenvalue weighted by Gasteiger charge is 2.25. The topological polar surface area (TPSA) is 15.3 Å². The molecule has 0 amide bonds. The third kappa shape index (κ3) is 4.06. The highest BCUT2D eigenvalue weighted by atomic mass is 15.1. The Kier molecular flexibility index (Phi) is 4.66. The van der Waals surface area contributed by atoms with Gasteiger partial charge in [0.05, 0.1) is 0 Å². The average Bonchev–Trinajstić information content (AvgIpc) is 3.08. The molecule has 1 heterocycles. The lowest BCUT2D eigenvalue weighted by Crippen LogP contribution is -2.40. The third-order valence-electron chi connectivity index (χ3n) is 4.22. The van der Waals surface area contributed by atoms with E-state index in [0.29, 0.717) is 0 Å². The van der Waals surface area contributed by atoms with Gasteiger partial charge in [0.25, 0.3) is 0 Å². The lowest BCUT2D eigenvalue weighted by atomic mass is 9.97. The van der Waals surface area contributed by atoms with Gasteiger partial charge in [0.1, 0.15) is 0 Å². The predicted octanol–water partition coefficient (Wildman–Crippen LogP) is 2.50. The fraction of sp³-hybridized carbons (Fsp3) is 1.00. The fourth-order valence-electron chi connectivity index (χ4n) is 2.92. The quantitative estimate of drug-likeness (QED) is 0.746. The summed E-state index contributed by atoms with van der Waals surface area (Å²) in [5, 5.41) is 3.80. The maximum atomic E-state index is 3.80. The van der Waals surface area contributed by atoms with Crippen molar-refractivity contribution in [1.29, 1.82) is 0 Å². The first kappa shape index (κ1) is 12.4. The van der Waals surface area contributed by atoms with Crippen LogP contribution in [0.4, 0.5) is 0 Å². The third-order valence-corrected chi connectivity index (χ3v) is 4.22. The Hall–Kier alpha value is -0.0800. The second-order valence-corrected chi connectivity index (χ2v) is 5.96. The van der Waals surface area contributed by atoms with Crippen molar-refractivity contribution < 1.29 is 0 Å². The monoisotopic (exact) mass is 224 g/mol. The second-order valence-electron chi connectivity index (χ2n) is 5.96. The zero-order chi connectivity index (χ0) is 11.4. The fourth-order valence-corrected chi connectivity index (χ4v) is 2.92. The number of nitrogens with one attached hydrogen (secondary N) is 1. The molecular weight excluding hydrogens is 196 g/mol. The number of hydrogen-bond donors (Lipinski definition) is 1. The van der Waals surface area contributed by atoms with Gasteiger partial charge in [-0.3, -0.25) is 0 Å². The van der Waals surface area contributed by atoms with E-state index in [1.54, 1.807) is 0 Å². The predicted molar refractivity (Wildman–Crippen MR) is 69.6 cm³/mol. The highest BCUT2D eigenvalue weighted by Crippen LogP contribution is 2.34.